The predicted molar refractivity (Wildman–Crippen MR) is 211 cm³/mol. The maximum atomic E-state index is 9.77. The van der Waals surface area contributed by atoms with Crippen LogP contribution < -0.4 is 0 Å². The predicted octanol–water partition coefficient (Wildman–Crippen LogP) is 12.6. The highest BCUT2D eigenvalue weighted by Crippen LogP contribution is 2.40. The van der Waals surface area contributed by atoms with Crippen LogP contribution in [0.4, 0.5) is 0 Å². The molecule has 3 heterocycles. The molecule has 0 radical (unpaired) electrons. The Labute approximate surface area is 335 Å². The molecule has 0 aliphatic heterocycles. The van der Waals surface area contributed by atoms with Crippen molar-refractivity contribution < 1.29 is 45.8 Å². The summed E-state index contributed by atoms with van der Waals surface area (Å²) in [5.74, 6) is -2.62. The van der Waals surface area contributed by atoms with E-state index in [1.54, 1.807) is 0 Å². The second-order valence-electron chi connectivity index (χ2n) is 11.1. The molecule has 5 heteroatoms. The van der Waals surface area contributed by atoms with Crippen molar-refractivity contribution in [3.63, 3.8) is 0 Å². The average molecular weight is 693 g/mol. The second-order valence-corrected chi connectivity index (χ2v) is 11.1. The molecule has 242 valence electrons. The van der Waals surface area contributed by atoms with Crippen molar-refractivity contribution in [2.45, 2.75) is 0 Å². The van der Waals surface area contributed by atoms with Crippen molar-refractivity contribution in [2.24, 2.45) is 0 Å². The van der Waals surface area contributed by atoms with E-state index in [0.29, 0.717) is 0 Å². The van der Waals surface area contributed by atoms with Crippen LogP contribution in [-0.2, 0) is 0 Å². The third-order valence-electron chi connectivity index (χ3n) is 8.20. The van der Waals surface area contributed by atoms with Gasteiger partial charge in [0.2, 0.25) is 0 Å². The largest absolute Gasteiger partial charge is 0.456 e. The van der Waals surface area contributed by atoms with Crippen LogP contribution in [0.2, 0.25) is 0 Å². The molecule has 11 rings (SSSR count). The van der Waals surface area contributed by atoms with Gasteiger partial charge < -0.3 is 8.83 Å². The summed E-state index contributed by atoms with van der Waals surface area (Å²) in [5, 5.41) is -4.51. The number of furan rings is 2. The SMILES string of the molecule is [2H]c1c([2H])c([2H])c2c(oc3c([2H])c([2H])c(-c4nc(-c5c([2H])c([2H])c(-c6c([2H])c([2H])c([2H])c7c([2H])c([2H])c([2H])c([2H])c67)c6c([2H])c([2H])c([2H])c([2H])c56)nc(-c5c([2H])c([2H])c([2H])c6oc7c([2H])c([2H])c([2H])c([2H])c7c56)n4)c([2H])c32)c1[2H]. The van der Waals surface area contributed by atoms with Crippen LogP contribution in [0, 0.1) is 0 Å². The number of para-hydroxylation sites is 2. The number of fused-ring (bicyclic) bond motifs is 8. The van der Waals surface area contributed by atoms with Gasteiger partial charge in [0.05, 0.1) is 37.0 Å². The quantitative estimate of drug-likeness (QED) is 0.184. The topological polar surface area (TPSA) is 65.0 Å². The number of rotatable bonds is 4. The molecule has 0 bridgehead atoms. The number of hydrogen-bond acceptors (Lipinski definition) is 5. The molecule has 0 unspecified atom stereocenters. The molecule has 0 atom stereocenters. The number of benzene rings is 8. The Morgan fingerprint density at radius 3 is 1.71 bits per heavy atom. The van der Waals surface area contributed by atoms with Gasteiger partial charge in [0, 0.05) is 38.2 Å². The van der Waals surface area contributed by atoms with E-state index in [9.17, 15) is 9.60 Å². The summed E-state index contributed by atoms with van der Waals surface area (Å²) in [6.45, 7) is 0. The Morgan fingerprint density at radius 1 is 0.346 bits per heavy atom. The summed E-state index contributed by atoms with van der Waals surface area (Å²) >= 11 is 0. The van der Waals surface area contributed by atoms with Crippen molar-refractivity contribution in [3.05, 3.63) is 163 Å². The number of nitrogens with zero attached hydrogens (tertiary/aromatic N) is 3. The average Bonchev–Trinajstić information content (AvgIpc) is 3.82. The van der Waals surface area contributed by atoms with Gasteiger partial charge in [0.15, 0.2) is 17.5 Å². The lowest BCUT2D eigenvalue weighted by Crippen LogP contribution is -2.01. The van der Waals surface area contributed by atoms with Crippen LogP contribution in [0.5, 0.6) is 0 Å². The first kappa shape index (κ1) is 12.9. The Bertz CT molecular complexity index is 4760. The minimum atomic E-state index is -1.07. The Kier molecular flexibility index (Phi) is 2.78. The molecule has 5 nitrogen and oxygen atoms in total. The Balaban J connectivity index is 1.38. The van der Waals surface area contributed by atoms with Crippen LogP contribution in [0.1, 0.15) is 37.0 Å². The molecule has 0 aliphatic carbocycles. The van der Waals surface area contributed by atoms with Crippen LogP contribution in [0.25, 0.3) is 111 Å². The minimum Gasteiger partial charge on any atom is -0.456 e. The third kappa shape index (κ3) is 4.39. The van der Waals surface area contributed by atoms with Gasteiger partial charge >= 0.3 is 0 Å². The monoisotopic (exact) mass is 692 g/mol. The maximum Gasteiger partial charge on any atom is 0.164 e. The molecule has 52 heavy (non-hydrogen) atoms. The first-order valence-corrected chi connectivity index (χ1v) is 15.2. The summed E-state index contributed by atoms with van der Waals surface area (Å²) < 4.78 is 252. The first-order valence-electron chi connectivity index (χ1n) is 28.7. The van der Waals surface area contributed by atoms with Gasteiger partial charge in [-0.05, 0) is 75.0 Å². The van der Waals surface area contributed by atoms with Crippen molar-refractivity contribution in [2.75, 3.05) is 0 Å². The molecule has 0 aliphatic rings. The summed E-state index contributed by atoms with van der Waals surface area (Å²) in [7, 11) is 0. The molecule has 0 N–H and O–H groups in total. The Hall–Kier alpha value is -7.11. The molecule has 0 fully saturated rings. The van der Waals surface area contributed by atoms with Crippen LogP contribution >= 0.6 is 0 Å². The van der Waals surface area contributed by atoms with Gasteiger partial charge in [-0.15, -0.1) is 0 Å². The van der Waals surface area contributed by atoms with E-state index >= 15 is 0 Å². The van der Waals surface area contributed by atoms with Gasteiger partial charge in [-0.25, -0.2) is 15.0 Å². The summed E-state index contributed by atoms with van der Waals surface area (Å²) in [6.07, 6.45) is 0. The molecule has 8 aromatic carbocycles. The van der Waals surface area contributed by atoms with Crippen molar-refractivity contribution in [3.8, 4) is 45.3 Å². The molecular formula is C47H27N3O2. The zero-order valence-electron chi connectivity index (χ0n) is 52.7. The lowest BCUT2D eigenvalue weighted by Gasteiger charge is -2.14. The lowest BCUT2D eigenvalue weighted by molar-refractivity contribution is 0.668. The molecular weight excluding hydrogens is 639 g/mol. The summed E-state index contributed by atoms with van der Waals surface area (Å²) in [4.78, 5) is 13.6. The van der Waals surface area contributed by atoms with Gasteiger partial charge in [-0.2, -0.15) is 0 Å². The van der Waals surface area contributed by atoms with E-state index in [4.69, 9.17) is 36.2 Å². The van der Waals surface area contributed by atoms with E-state index < -0.39 is 274 Å². The van der Waals surface area contributed by atoms with Crippen molar-refractivity contribution in [1.82, 2.24) is 15.0 Å². The smallest absolute Gasteiger partial charge is 0.164 e. The highest BCUT2D eigenvalue weighted by molar-refractivity contribution is 6.13. The molecule has 0 amide bonds. The van der Waals surface area contributed by atoms with Gasteiger partial charge in [0.25, 0.3) is 0 Å². The van der Waals surface area contributed by atoms with Crippen molar-refractivity contribution in [1.29, 1.82) is 0 Å². The van der Waals surface area contributed by atoms with Gasteiger partial charge in [-0.1, -0.05) is 121 Å². The minimum absolute atomic E-state index is 0.417. The zero-order chi connectivity index (χ0) is 57.7. The van der Waals surface area contributed by atoms with Crippen LogP contribution in [0.3, 0.4) is 0 Å². The second kappa shape index (κ2) is 11.2. The fourth-order valence-corrected chi connectivity index (χ4v) is 5.95. The Morgan fingerprint density at radius 2 is 0.865 bits per heavy atom. The standard InChI is InChI=1S/C47H27N3O2/c1-2-13-30-28(11-1)12-9-18-31(30)34-24-25-36(33-15-4-3-14-32(33)34)46-48-45(29-23-26-42-39(27-29)35-16-5-7-20-40(35)51-42)49-47(50-46)38-19-10-22-43-44(38)37-17-6-8-21-41(37)52-43/h1-27H/i1D,2D,3D,4D,5D,6D,7D,8D,9D,10D,11D,12D,13D,14D,15D,16D,17D,18D,19D,20D,21D,22D,23D,24D,25D,26D,27D. The zero-order valence-corrected chi connectivity index (χ0v) is 25.7. The maximum absolute atomic E-state index is 9.77. The van der Waals surface area contributed by atoms with E-state index in [1.807, 2.05) is 0 Å². The summed E-state index contributed by atoms with van der Waals surface area (Å²) in [6, 6.07) is -23.5. The summed E-state index contributed by atoms with van der Waals surface area (Å²) in [5.41, 5.74) is -5.89. The molecule has 3 aromatic heterocycles. The first-order chi connectivity index (χ1) is 37.0. The van der Waals surface area contributed by atoms with E-state index in [2.05, 4.69) is 15.0 Å². The highest BCUT2D eigenvalue weighted by Gasteiger charge is 2.20. The third-order valence-corrected chi connectivity index (χ3v) is 8.20. The fourth-order valence-electron chi connectivity index (χ4n) is 5.95. The van der Waals surface area contributed by atoms with Gasteiger partial charge in [0.1, 0.15) is 22.3 Å². The number of hydrogen-bond donors (Lipinski definition) is 0. The fraction of sp³-hybridized carbons (Fsp3) is 0. The highest BCUT2D eigenvalue weighted by atomic mass is 16.3. The number of aromatic nitrogens is 3. The molecule has 0 saturated heterocycles. The van der Waals surface area contributed by atoms with E-state index in [-0.39, 0.29) is 0 Å². The van der Waals surface area contributed by atoms with Gasteiger partial charge in [-0.3, -0.25) is 0 Å². The molecule has 0 spiro atoms. The normalized spacial score (nSPS) is 19.1. The van der Waals surface area contributed by atoms with Crippen molar-refractivity contribution >= 4 is 65.4 Å². The van der Waals surface area contributed by atoms with Crippen LogP contribution in [-0.4, -0.2) is 15.0 Å². The van der Waals surface area contributed by atoms with Crippen LogP contribution in [0.15, 0.2) is 172 Å². The molecule has 0 saturated carbocycles. The molecule has 11 aromatic rings. The van der Waals surface area contributed by atoms with E-state index in [0.717, 1.165) is 0 Å². The van der Waals surface area contributed by atoms with E-state index in [1.165, 1.54) is 0 Å². The lowest BCUT2D eigenvalue weighted by atomic mass is 9.92.